The third kappa shape index (κ3) is 3.21. The largest absolute Gasteiger partial charge is 0.497 e. The zero-order valence-corrected chi connectivity index (χ0v) is 12.3. The van der Waals surface area contributed by atoms with Crippen LogP contribution in [0.2, 0.25) is 0 Å². The van der Waals surface area contributed by atoms with Crippen LogP contribution in [0, 0.1) is 5.92 Å². The lowest BCUT2D eigenvalue weighted by Crippen LogP contribution is -2.36. The fourth-order valence-corrected chi connectivity index (χ4v) is 3.84. The molecule has 0 bridgehead atoms. The minimum atomic E-state index is 0.460. The summed E-state index contributed by atoms with van der Waals surface area (Å²) in [4.78, 5) is 0. The van der Waals surface area contributed by atoms with Gasteiger partial charge in [-0.3, -0.25) is 0 Å². The molecule has 1 N–H and O–H groups in total. The average molecular weight is 265 g/mol. The summed E-state index contributed by atoms with van der Waals surface area (Å²) < 4.78 is 5.21. The van der Waals surface area contributed by atoms with Gasteiger partial charge in [0.2, 0.25) is 0 Å². The zero-order valence-electron chi connectivity index (χ0n) is 11.5. The van der Waals surface area contributed by atoms with Gasteiger partial charge in [0.05, 0.1) is 7.11 Å². The average Bonchev–Trinajstić information content (AvgIpc) is 2.81. The van der Waals surface area contributed by atoms with E-state index in [1.165, 1.54) is 17.1 Å². The maximum absolute atomic E-state index is 5.21. The Morgan fingerprint density at radius 1 is 1.33 bits per heavy atom. The molecule has 100 valence electrons. The van der Waals surface area contributed by atoms with Crippen molar-refractivity contribution in [3.63, 3.8) is 0 Å². The second-order valence-corrected chi connectivity index (χ2v) is 6.10. The summed E-state index contributed by atoms with van der Waals surface area (Å²) in [6.07, 6.45) is 1.13. The fourth-order valence-electron chi connectivity index (χ4n) is 2.42. The topological polar surface area (TPSA) is 21.3 Å². The van der Waals surface area contributed by atoms with Crippen molar-refractivity contribution in [2.24, 2.45) is 5.92 Å². The first-order valence-corrected chi connectivity index (χ1v) is 7.87. The van der Waals surface area contributed by atoms with Crippen LogP contribution in [0.3, 0.4) is 0 Å². The fraction of sp³-hybridized carbons (Fsp3) is 0.600. The molecule has 0 saturated carbocycles. The number of thioether (sulfide) groups is 1. The van der Waals surface area contributed by atoms with Gasteiger partial charge in [-0.15, -0.1) is 0 Å². The highest BCUT2D eigenvalue weighted by Crippen LogP contribution is 2.27. The van der Waals surface area contributed by atoms with Crippen molar-refractivity contribution in [3.05, 3.63) is 29.8 Å². The number of nitrogens with one attached hydrogen (secondary N) is 1. The van der Waals surface area contributed by atoms with Gasteiger partial charge in [0.1, 0.15) is 5.75 Å². The zero-order chi connectivity index (χ0) is 13.0. The Balaban J connectivity index is 2.02. The maximum Gasteiger partial charge on any atom is 0.118 e. The molecule has 1 aliphatic heterocycles. The van der Waals surface area contributed by atoms with Gasteiger partial charge in [-0.05, 0) is 35.8 Å². The standard InChI is InChI=1S/C15H23NOS/c1-4-14(16-15-10-18-9-11(15)2)12-5-7-13(17-3)8-6-12/h5-8,11,14-16H,4,9-10H2,1-3H3. The summed E-state index contributed by atoms with van der Waals surface area (Å²) in [7, 11) is 1.71. The lowest BCUT2D eigenvalue weighted by Gasteiger charge is -2.24. The Morgan fingerprint density at radius 3 is 2.56 bits per heavy atom. The molecule has 1 aromatic carbocycles. The summed E-state index contributed by atoms with van der Waals surface area (Å²) in [5.74, 6) is 4.24. The highest BCUT2D eigenvalue weighted by molar-refractivity contribution is 7.99. The van der Waals surface area contributed by atoms with Gasteiger partial charge in [0.15, 0.2) is 0 Å². The SMILES string of the molecule is CCC(NC1CSCC1C)c1ccc(OC)cc1. The van der Waals surface area contributed by atoms with Crippen molar-refractivity contribution in [1.29, 1.82) is 0 Å². The van der Waals surface area contributed by atoms with Crippen molar-refractivity contribution in [3.8, 4) is 5.75 Å². The van der Waals surface area contributed by atoms with Gasteiger partial charge in [0, 0.05) is 17.8 Å². The molecule has 0 radical (unpaired) electrons. The lowest BCUT2D eigenvalue weighted by molar-refractivity contribution is 0.388. The second kappa shape index (κ2) is 6.48. The summed E-state index contributed by atoms with van der Waals surface area (Å²) in [6.45, 7) is 4.59. The predicted octanol–water partition coefficient (Wildman–Crippen LogP) is 3.49. The van der Waals surface area contributed by atoms with E-state index in [2.05, 4.69) is 43.1 Å². The summed E-state index contributed by atoms with van der Waals surface area (Å²) in [5.41, 5.74) is 1.36. The van der Waals surface area contributed by atoms with Crippen LogP contribution in [0.1, 0.15) is 31.9 Å². The van der Waals surface area contributed by atoms with Crippen LogP contribution in [-0.4, -0.2) is 24.7 Å². The molecule has 3 atom stereocenters. The van der Waals surface area contributed by atoms with Crippen molar-refractivity contribution in [2.75, 3.05) is 18.6 Å². The third-order valence-electron chi connectivity index (χ3n) is 3.71. The maximum atomic E-state index is 5.21. The van der Waals surface area contributed by atoms with E-state index in [0.29, 0.717) is 12.1 Å². The normalized spacial score (nSPS) is 25.1. The Bertz CT molecular complexity index is 365. The van der Waals surface area contributed by atoms with E-state index in [-0.39, 0.29) is 0 Å². The molecular formula is C15H23NOS. The second-order valence-electron chi connectivity index (χ2n) is 5.02. The highest BCUT2D eigenvalue weighted by Gasteiger charge is 2.26. The lowest BCUT2D eigenvalue weighted by atomic mass is 10.00. The molecule has 3 heteroatoms. The minimum Gasteiger partial charge on any atom is -0.497 e. The first-order chi connectivity index (χ1) is 8.74. The molecule has 2 rings (SSSR count). The molecule has 0 spiro atoms. The van der Waals surface area contributed by atoms with Crippen LogP contribution >= 0.6 is 11.8 Å². The molecule has 1 heterocycles. The van der Waals surface area contributed by atoms with Gasteiger partial charge in [-0.25, -0.2) is 0 Å². The van der Waals surface area contributed by atoms with E-state index in [4.69, 9.17) is 4.74 Å². The molecular weight excluding hydrogens is 242 g/mol. The van der Waals surface area contributed by atoms with Crippen molar-refractivity contribution in [1.82, 2.24) is 5.32 Å². The van der Waals surface area contributed by atoms with Crippen LogP contribution in [0.4, 0.5) is 0 Å². The van der Waals surface area contributed by atoms with E-state index >= 15 is 0 Å². The van der Waals surface area contributed by atoms with Crippen LogP contribution in [0.25, 0.3) is 0 Å². The van der Waals surface area contributed by atoms with Gasteiger partial charge in [0.25, 0.3) is 0 Å². The predicted molar refractivity (Wildman–Crippen MR) is 79.4 cm³/mol. The molecule has 18 heavy (non-hydrogen) atoms. The summed E-state index contributed by atoms with van der Waals surface area (Å²) in [6, 6.07) is 9.56. The Kier molecular flexibility index (Phi) is 4.95. The first kappa shape index (κ1) is 13.8. The van der Waals surface area contributed by atoms with Crippen LogP contribution in [0.15, 0.2) is 24.3 Å². The van der Waals surface area contributed by atoms with Crippen LogP contribution in [0.5, 0.6) is 5.75 Å². The van der Waals surface area contributed by atoms with E-state index < -0.39 is 0 Å². The molecule has 3 unspecified atom stereocenters. The highest BCUT2D eigenvalue weighted by atomic mass is 32.2. The number of rotatable bonds is 5. The molecule has 1 aromatic rings. The molecule has 1 fully saturated rings. The van der Waals surface area contributed by atoms with Gasteiger partial charge in [-0.1, -0.05) is 26.0 Å². The van der Waals surface area contributed by atoms with Crippen molar-refractivity contribution < 1.29 is 4.74 Å². The van der Waals surface area contributed by atoms with Gasteiger partial charge < -0.3 is 10.1 Å². The van der Waals surface area contributed by atoms with Gasteiger partial charge >= 0.3 is 0 Å². The monoisotopic (exact) mass is 265 g/mol. The Hall–Kier alpha value is -0.670. The number of methoxy groups -OCH3 is 1. The minimum absolute atomic E-state index is 0.460. The van der Waals surface area contributed by atoms with Crippen molar-refractivity contribution in [2.45, 2.75) is 32.4 Å². The first-order valence-electron chi connectivity index (χ1n) is 6.72. The molecule has 1 saturated heterocycles. The smallest absolute Gasteiger partial charge is 0.118 e. The number of hydrogen-bond donors (Lipinski definition) is 1. The van der Waals surface area contributed by atoms with Crippen molar-refractivity contribution >= 4 is 11.8 Å². The van der Waals surface area contributed by atoms with Crippen LogP contribution in [-0.2, 0) is 0 Å². The summed E-state index contributed by atoms with van der Waals surface area (Å²) in [5, 5.41) is 3.81. The van der Waals surface area contributed by atoms with E-state index in [0.717, 1.165) is 18.1 Å². The molecule has 0 aliphatic carbocycles. The summed E-state index contributed by atoms with van der Waals surface area (Å²) >= 11 is 2.06. The Morgan fingerprint density at radius 2 is 2.06 bits per heavy atom. The molecule has 2 nitrogen and oxygen atoms in total. The van der Waals surface area contributed by atoms with E-state index in [1.807, 2.05) is 12.1 Å². The third-order valence-corrected chi connectivity index (χ3v) is 5.06. The molecule has 0 aromatic heterocycles. The van der Waals surface area contributed by atoms with Gasteiger partial charge in [-0.2, -0.15) is 11.8 Å². The number of hydrogen-bond acceptors (Lipinski definition) is 3. The molecule has 1 aliphatic rings. The quantitative estimate of drug-likeness (QED) is 0.880. The van der Waals surface area contributed by atoms with E-state index in [1.54, 1.807) is 7.11 Å². The number of benzene rings is 1. The van der Waals surface area contributed by atoms with Crippen LogP contribution < -0.4 is 10.1 Å². The van der Waals surface area contributed by atoms with E-state index in [9.17, 15) is 0 Å². The Labute approximate surface area is 114 Å². The number of ether oxygens (including phenoxy) is 1. The molecule has 0 amide bonds.